The van der Waals surface area contributed by atoms with Gasteiger partial charge in [0, 0.05) is 38.6 Å². The van der Waals surface area contributed by atoms with E-state index in [1.807, 2.05) is 38.6 Å². The molecule has 1 aliphatic heterocycles. The van der Waals surface area contributed by atoms with Crippen LogP contribution in [-0.2, 0) is 11.8 Å². The number of carbonyl (C=O) groups excluding carboxylic acids is 1. The molecule has 112 valence electrons. The molecule has 1 aromatic heterocycles. The number of nitrogens with zero attached hydrogens (tertiary/aromatic N) is 3. The molecule has 1 amide bonds. The van der Waals surface area contributed by atoms with Gasteiger partial charge in [0.25, 0.3) is 0 Å². The van der Waals surface area contributed by atoms with Crippen molar-refractivity contribution in [1.82, 2.24) is 19.8 Å². The smallest absolute Gasteiger partial charge is 0.410 e. The highest BCUT2D eigenvalue weighted by Gasteiger charge is 2.34. The summed E-state index contributed by atoms with van der Waals surface area (Å²) in [6, 6.07) is 0.468. The maximum atomic E-state index is 11.8. The maximum Gasteiger partial charge on any atom is 0.410 e. The summed E-state index contributed by atoms with van der Waals surface area (Å²) in [5.74, 6) is 1.00. The largest absolute Gasteiger partial charge is 0.444 e. The lowest BCUT2D eigenvalue weighted by atomic mass is 10.1. The maximum absolute atomic E-state index is 11.8. The molecule has 20 heavy (non-hydrogen) atoms. The number of hydrogen-bond acceptors (Lipinski definition) is 4. The monoisotopic (exact) mass is 280 g/mol. The molecule has 2 heterocycles. The molecular formula is C14H24N4O2. The molecule has 0 aliphatic carbocycles. The predicted octanol–water partition coefficient (Wildman–Crippen LogP) is 1.69. The second-order valence-corrected chi connectivity index (χ2v) is 6.37. The Labute approximate surface area is 120 Å². The van der Waals surface area contributed by atoms with Crippen molar-refractivity contribution < 1.29 is 9.53 Å². The van der Waals surface area contributed by atoms with Crippen LogP contribution in [0.2, 0.25) is 0 Å². The fourth-order valence-corrected chi connectivity index (χ4v) is 2.28. The fourth-order valence-electron chi connectivity index (χ4n) is 2.28. The minimum Gasteiger partial charge on any atom is -0.444 e. The number of likely N-dealkylation sites (tertiary alicyclic amines) is 1. The van der Waals surface area contributed by atoms with Gasteiger partial charge in [-0.1, -0.05) is 0 Å². The number of ether oxygens (including phenoxy) is 1. The highest BCUT2D eigenvalue weighted by Crippen LogP contribution is 2.18. The third-order valence-electron chi connectivity index (χ3n) is 3.26. The van der Waals surface area contributed by atoms with Crippen molar-refractivity contribution >= 4 is 6.09 Å². The summed E-state index contributed by atoms with van der Waals surface area (Å²) in [7, 11) is 1.98. The van der Waals surface area contributed by atoms with Crippen molar-refractivity contribution in [2.24, 2.45) is 7.05 Å². The summed E-state index contributed by atoms with van der Waals surface area (Å²) < 4.78 is 7.33. The molecule has 6 heteroatoms. The quantitative estimate of drug-likeness (QED) is 0.915. The lowest BCUT2D eigenvalue weighted by Gasteiger charge is -2.41. The lowest BCUT2D eigenvalue weighted by molar-refractivity contribution is 0.00422. The molecular weight excluding hydrogens is 256 g/mol. The van der Waals surface area contributed by atoms with E-state index in [1.54, 1.807) is 11.1 Å². The van der Waals surface area contributed by atoms with Crippen molar-refractivity contribution in [3.63, 3.8) is 0 Å². The van der Waals surface area contributed by atoms with E-state index in [-0.39, 0.29) is 12.1 Å². The summed E-state index contributed by atoms with van der Waals surface area (Å²) in [5.41, 5.74) is -0.435. The highest BCUT2D eigenvalue weighted by molar-refractivity contribution is 5.69. The van der Waals surface area contributed by atoms with Gasteiger partial charge in [0.05, 0.1) is 6.04 Å². The van der Waals surface area contributed by atoms with Gasteiger partial charge >= 0.3 is 6.09 Å². The van der Waals surface area contributed by atoms with Gasteiger partial charge in [-0.05, 0) is 27.7 Å². The third-order valence-corrected chi connectivity index (χ3v) is 3.26. The average Bonchev–Trinajstić information content (AvgIpc) is 2.66. The topological polar surface area (TPSA) is 59.4 Å². The number of imidazole rings is 1. The van der Waals surface area contributed by atoms with E-state index in [0.29, 0.717) is 19.1 Å². The molecule has 1 unspecified atom stereocenters. The number of nitrogens with one attached hydrogen (secondary N) is 1. The van der Waals surface area contributed by atoms with Gasteiger partial charge in [-0.2, -0.15) is 0 Å². The van der Waals surface area contributed by atoms with Crippen LogP contribution < -0.4 is 5.32 Å². The van der Waals surface area contributed by atoms with E-state index in [4.69, 9.17) is 4.74 Å². The van der Waals surface area contributed by atoms with Gasteiger partial charge in [-0.3, -0.25) is 0 Å². The third kappa shape index (κ3) is 3.50. The van der Waals surface area contributed by atoms with Crippen molar-refractivity contribution in [1.29, 1.82) is 0 Å². The first kappa shape index (κ1) is 14.8. The molecule has 0 spiro atoms. The van der Waals surface area contributed by atoms with Gasteiger partial charge in [-0.15, -0.1) is 0 Å². The molecule has 1 fully saturated rings. The SMILES string of the molecule is CC(NC1CN(C(=O)OC(C)(C)C)C1)c1nccn1C. The Morgan fingerprint density at radius 2 is 2.15 bits per heavy atom. The van der Waals surface area contributed by atoms with Crippen LogP contribution in [-0.4, -0.2) is 45.3 Å². The summed E-state index contributed by atoms with van der Waals surface area (Å²) in [6.45, 7) is 9.09. The molecule has 0 radical (unpaired) electrons. The molecule has 1 aromatic rings. The number of hydrogen-bond donors (Lipinski definition) is 1. The van der Waals surface area contributed by atoms with E-state index in [2.05, 4.69) is 17.2 Å². The van der Waals surface area contributed by atoms with Crippen LogP contribution in [0.4, 0.5) is 4.79 Å². The van der Waals surface area contributed by atoms with Crippen LogP contribution >= 0.6 is 0 Å². The van der Waals surface area contributed by atoms with Crippen LogP contribution in [0.1, 0.15) is 39.6 Å². The number of rotatable bonds is 3. The molecule has 1 aliphatic rings. The van der Waals surface area contributed by atoms with E-state index in [1.165, 1.54) is 0 Å². The number of aryl methyl sites for hydroxylation is 1. The van der Waals surface area contributed by atoms with E-state index in [0.717, 1.165) is 5.82 Å². The molecule has 0 bridgehead atoms. The lowest BCUT2D eigenvalue weighted by Crippen LogP contribution is -2.60. The zero-order valence-electron chi connectivity index (χ0n) is 12.9. The van der Waals surface area contributed by atoms with Crippen LogP contribution in [0.3, 0.4) is 0 Å². The Morgan fingerprint density at radius 3 is 2.65 bits per heavy atom. The predicted molar refractivity (Wildman–Crippen MR) is 76.4 cm³/mol. The molecule has 1 atom stereocenters. The normalized spacial score (nSPS) is 17.8. The number of amides is 1. The van der Waals surface area contributed by atoms with Crippen molar-refractivity contribution in [2.75, 3.05) is 13.1 Å². The number of carbonyl (C=O) groups is 1. The second-order valence-electron chi connectivity index (χ2n) is 6.37. The van der Waals surface area contributed by atoms with E-state index < -0.39 is 5.60 Å². The van der Waals surface area contributed by atoms with Crippen LogP contribution in [0.5, 0.6) is 0 Å². The van der Waals surface area contributed by atoms with Crippen molar-refractivity contribution in [2.45, 2.75) is 45.4 Å². The van der Waals surface area contributed by atoms with Gasteiger partial charge in [-0.25, -0.2) is 9.78 Å². The minimum absolute atomic E-state index is 0.167. The average molecular weight is 280 g/mol. The minimum atomic E-state index is -0.435. The fraction of sp³-hybridized carbons (Fsp3) is 0.714. The summed E-state index contributed by atoms with van der Waals surface area (Å²) >= 11 is 0. The van der Waals surface area contributed by atoms with Crippen molar-refractivity contribution in [3.8, 4) is 0 Å². The zero-order chi connectivity index (χ0) is 14.9. The van der Waals surface area contributed by atoms with Crippen LogP contribution in [0.15, 0.2) is 12.4 Å². The van der Waals surface area contributed by atoms with Gasteiger partial charge < -0.3 is 19.5 Å². The first-order chi connectivity index (χ1) is 9.26. The summed E-state index contributed by atoms with van der Waals surface area (Å²) in [6.07, 6.45) is 3.49. The Morgan fingerprint density at radius 1 is 1.50 bits per heavy atom. The van der Waals surface area contributed by atoms with Crippen molar-refractivity contribution in [3.05, 3.63) is 18.2 Å². The molecule has 0 saturated carbocycles. The van der Waals surface area contributed by atoms with Gasteiger partial charge in [0.2, 0.25) is 0 Å². The standard InChI is InChI=1S/C14H24N4O2/c1-10(12-15-6-7-17(12)5)16-11-8-18(9-11)13(19)20-14(2,3)4/h6-7,10-11,16H,8-9H2,1-5H3. The molecule has 1 N–H and O–H groups in total. The highest BCUT2D eigenvalue weighted by atomic mass is 16.6. The second kappa shape index (κ2) is 5.44. The first-order valence-electron chi connectivity index (χ1n) is 6.97. The van der Waals surface area contributed by atoms with Crippen LogP contribution in [0.25, 0.3) is 0 Å². The molecule has 0 aromatic carbocycles. The van der Waals surface area contributed by atoms with E-state index >= 15 is 0 Å². The Balaban J connectivity index is 1.77. The zero-order valence-corrected chi connectivity index (χ0v) is 12.9. The Bertz CT molecular complexity index is 472. The van der Waals surface area contributed by atoms with E-state index in [9.17, 15) is 4.79 Å². The van der Waals surface area contributed by atoms with Gasteiger partial charge in [0.1, 0.15) is 11.4 Å². The first-order valence-corrected chi connectivity index (χ1v) is 6.97. The number of aromatic nitrogens is 2. The molecule has 1 saturated heterocycles. The molecule has 2 rings (SSSR count). The van der Waals surface area contributed by atoms with Gasteiger partial charge in [0.15, 0.2) is 0 Å². The van der Waals surface area contributed by atoms with Crippen LogP contribution in [0, 0.1) is 0 Å². The Hall–Kier alpha value is -1.56. The summed E-state index contributed by atoms with van der Waals surface area (Å²) in [5, 5.41) is 3.47. The Kier molecular flexibility index (Phi) is 4.04. The summed E-state index contributed by atoms with van der Waals surface area (Å²) in [4.78, 5) is 17.9. The molecule has 6 nitrogen and oxygen atoms in total.